The Balaban J connectivity index is 2.44. The van der Waals surface area contributed by atoms with E-state index in [1.165, 1.54) is 6.92 Å². The van der Waals surface area contributed by atoms with Crippen LogP contribution in [0.5, 0.6) is 0 Å². The van der Waals surface area contributed by atoms with Crippen molar-refractivity contribution in [2.24, 2.45) is 0 Å². The fourth-order valence-electron chi connectivity index (χ4n) is 2.01. The number of nitrogens with zero attached hydrogens (tertiary/aromatic N) is 5. The number of carbonyl (C=O) groups is 1. The zero-order valence-electron chi connectivity index (χ0n) is 12.3. The monoisotopic (exact) mass is 277 g/mol. The number of carbonyl (C=O) groups excluding carboxylic acids is 1. The number of aryl methyl sites for hydroxylation is 1. The van der Waals surface area contributed by atoms with E-state index >= 15 is 0 Å². The van der Waals surface area contributed by atoms with Crippen LogP contribution in [0.2, 0.25) is 0 Å². The SMILES string of the molecule is CCN(CC)c1cc(C)nc2nc(COC(C)=O)nn12. The lowest BCUT2D eigenvalue weighted by Crippen LogP contribution is -2.25. The molecule has 7 nitrogen and oxygen atoms in total. The second-order valence-electron chi connectivity index (χ2n) is 4.45. The zero-order valence-corrected chi connectivity index (χ0v) is 12.3. The molecule has 0 aliphatic carbocycles. The van der Waals surface area contributed by atoms with Crippen LogP contribution in [-0.4, -0.2) is 38.6 Å². The third-order valence-corrected chi connectivity index (χ3v) is 2.96. The van der Waals surface area contributed by atoms with Crippen LogP contribution in [0, 0.1) is 6.92 Å². The summed E-state index contributed by atoms with van der Waals surface area (Å²) in [7, 11) is 0. The number of fused-ring (bicyclic) bond motifs is 1. The molecule has 7 heteroatoms. The van der Waals surface area contributed by atoms with Crippen LogP contribution in [0.1, 0.15) is 32.3 Å². The minimum absolute atomic E-state index is 0.0649. The number of aromatic nitrogens is 4. The summed E-state index contributed by atoms with van der Waals surface area (Å²) in [4.78, 5) is 21.7. The number of hydrogen-bond acceptors (Lipinski definition) is 6. The van der Waals surface area contributed by atoms with Gasteiger partial charge >= 0.3 is 5.97 Å². The largest absolute Gasteiger partial charge is 0.458 e. The van der Waals surface area contributed by atoms with Gasteiger partial charge in [-0.1, -0.05) is 0 Å². The molecule has 0 aliphatic rings. The maximum absolute atomic E-state index is 10.8. The highest BCUT2D eigenvalue weighted by Crippen LogP contribution is 2.16. The summed E-state index contributed by atoms with van der Waals surface area (Å²) < 4.78 is 6.62. The van der Waals surface area contributed by atoms with Crippen molar-refractivity contribution in [2.75, 3.05) is 18.0 Å². The zero-order chi connectivity index (χ0) is 14.7. The van der Waals surface area contributed by atoms with E-state index in [4.69, 9.17) is 4.74 Å². The van der Waals surface area contributed by atoms with Crippen LogP contribution >= 0.6 is 0 Å². The highest BCUT2D eigenvalue weighted by molar-refractivity contribution is 5.65. The quantitative estimate of drug-likeness (QED) is 0.768. The summed E-state index contributed by atoms with van der Waals surface area (Å²) in [5.74, 6) is 1.57. The van der Waals surface area contributed by atoms with Crippen molar-refractivity contribution in [2.45, 2.75) is 34.3 Å². The Labute approximate surface area is 117 Å². The molecule has 2 aromatic rings. The lowest BCUT2D eigenvalue weighted by atomic mass is 10.4. The Morgan fingerprint density at radius 3 is 2.65 bits per heavy atom. The summed E-state index contributed by atoms with van der Waals surface area (Å²) in [5.41, 5.74) is 0.880. The molecule has 0 amide bonds. The molecule has 0 unspecified atom stereocenters. The van der Waals surface area contributed by atoms with Gasteiger partial charge in [-0.25, -0.2) is 4.98 Å². The maximum atomic E-state index is 10.8. The first-order chi connectivity index (χ1) is 9.55. The number of ether oxygens (including phenoxy) is 1. The Morgan fingerprint density at radius 1 is 1.35 bits per heavy atom. The third-order valence-electron chi connectivity index (χ3n) is 2.96. The molecule has 20 heavy (non-hydrogen) atoms. The van der Waals surface area contributed by atoms with Crippen molar-refractivity contribution in [1.29, 1.82) is 0 Å². The highest BCUT2D eigenvalue weighted by atomic mass is 16.5. The Morgan fingerprint density at radius 2 is 2.05 bits per heavy atom. The van der Waals surface area contributed by atoms with Crippen LogP contribution in [0.3, 0.4) is 0 Å². The molecule has 0 aliphatic heterocycles. The first-order valence-electron chi connectivity index (χ1n) is 6.66. The fraction of sp³-hybridized carbons (Fsp3) is 0.538. The molecule has 0 atom stereocenters. The highest BCUT2D eigenvalue weighted by Gasteiger charge is 2.14. The number of anilines is 1. The summed E-state index contributed by atoms with van der Waals surface area (Å²) in [5, 5.41) is 4.37. The van der Waals surface area contributed by atoms with E-state index in [9.17, 15) is 4.79 Å². The molecule has 0 spiro atoms. The first kappa shape index (κ1) is 14.2. The molecule has 2 aromatic heterocycles. The predicted octanol–water partition coefficient (Wildman–Crippen LogP) is 1.34. The van der Waals surface area contributed by atoms with Crippen molar-refractivity contribution >= 4 is 17.6 Å². The number of esters is 1. The summed E-state index contributed by atoms with van der Waals surface area (Å²) in [6.45, 7) is 9.26. The molecule has 0 saturated heterocycles. The van der Waals surface area contributed by atoms with Crippen molar-refractivity contribution in [1.82, 2.24) is 19.6 Å². The van der Waals surface area contributed by atoms with Gasteiger partial charge in [0.2, 0.25) is 0 Å². The topological polar surface area (TPSA) is 72.6 Å². The van der Waals surface area contributed by atoms with Gasteiger partial charge in [0.15, 0.2) is 12.4 Å². The lowest BCUT2D eigenvalue weighted by molar-refractivity contribution is -0.142. The first-order valence-corrected chi connectivity index (χ1v) is 6.66. The van der Waals surface area contributed by atoms with Crippen molar-refractivity contribution in [3.63, 3.8) is 0 Å². The lowest BCUT2D eigenvalue weighted by Gasteiger charge is -2.21. The Hall–Kier alpha value is -2.18. The molecule has 108 valence electrons. The van der Waals surface area contributed by atoms with Crippen LogP contribution < -0.4 is 4.90 Å². The van der Waals surface area contributed by atoms with E-state index in [0.717, 1.165) is 24.6 Å². The number of hydrogen-bond donors (Lipinski definition) is 0. The molecule has 0 bridgehead atoms. The van der Waals surface area contributed by atoms with Gasteiger partial charge in [-0.05, 0) is 20.8 Å². The molecular weight excluding hydrogens is 258 g/mol. The van der Waals surface area contributed by atoms with Gasteiger partial charge in [0.25, 0.3) is 5.78 Å². The van der Waals surface area contributed by atoms with Gasteiger partial charge in [0.1, 0.15) is 5.82 Å². The molecule has 0 radical (unpaired) electrons. The van der Waals surface area contributed by atoms with E-state index in [1.807, 2.05) is 13.0 Å². The summed E-state index contributed by atoms with van der Waals surface area (Å²) in [6.07, 6.45) is 0. The second kappa shape index (κ2) is 5.85. The number of rotatable bonds is 5. The molecule has 2 rings (SSSR count). The molecule has 2 heterocycles. The normalized spacial score (nSPS) is 10.8. The van der Waals surface area contributed by atoms with E-state index in [1.54, 1.807) is 4.52 Å². The third kappa shape index (κ3) is 2.87. The van der Waals surface area contributed by atoms with Gasteiger partial charge in [-0.2, -0.15) is 9.50 Å². The molecule has 0 saturated carbocycles. The predicted molar refractivity (Wildman–Crippen MR) is 74.6 cm³/mol. The van der Waals surface area contributed by atoms with Crippen LogP contribution in [0.4, 0.5) is 5.82 Å². The average Bonchev–Trinajstić information content (AvgIpc) is 2.80. The van der Waals surface area contributed by atoms with Crippen molar-refractivity contribution in [3.8, 4) is 0 Å². The molecule has 0 fully saturated rings. The minimum atomic E-state index is -0.350. The fourth-order valence-corrected chi connectivity index (χ4v) is 2.01. The Bertz CT molecular complexity index is 618. The maximum Gasteiger partial charge on any atom is 0.303 e. The summed E-state index contributed by atoms with van der Waals surface area (Å²) >= 11 is 0. The van der Waals surface area contributed by atoms with Gasteiger partial charge in [-0.15, -0.1) is 5.10 Å². The summed E-state index contributed by atoms with van der Waals surface area (Å²) in [6, 6.07) is 1.98. The van der Waals surface area contributed by atoms with Crippen LogP contribution in [-0.2, 0) is 16.1 Å². The van der Waals surface area contributed by atoms with Gasteiger partial charge in [0, 0.05) is 31.8 Å². The standard InChI is InChI=1S/C13H19N5O2/c1-5-17(6-2)12-7-9(3)14-13-15-11(16-18(12)13)8-20-10(4)19/h7H,5-6,8H2,1-4H3. The van der Waals surface area contributed by atoms with E-state index in [-0.39, 0.29) is 12.6 Å². The van der Waals surface area contributed by atoms with E-state index in [2.05, 4.69) is 33.8 Å². The van der Waals surface area contributed by atoms with E-state index < -0.39 is 0 Å². The Kier molecular flexibility index (Phi) is 4.16. The average molecular weight is 277 g/mol. The molecule has 0 aromatic carbocycles. The van der Waals surface area contributed by atoms with Crippen LogP contribution in [0.15, 0.2) is 6.07 Å². The van der Waals surface area contributed by atoms with E-state index in [0.29, 0.717) is 11.6 Å². The molecule has 0 N–H and O–H groups in total. The van der Waals surface area contributed by atoms with Gasteiger partial charge in [0.05, 0.1) is 0 Å². The van der Waals surface area contributed by atoms with Crippen LogP contribution in [0.25, 0.3) is 5.78 Å². The minimum Gasteiger partial charge on any atom is -0.458 e. The molecular formula is C13H19N5O2. The van der Waals surface area contributed by atoms with Crippen molar-refractivity contribution in [3.05, 3.63) is 17.6 Å². The smallest absolute Gasteiger partial charge is 0.303 e. The van der Waals surface area contributed by atoms with Crippen molar-refractivity contribution < 1.29 is 9.53 Å². The second-order valence-corrected chi connectivity index (χ2v) is 4.45. The van der Waals surface area contributed by atoms with Gasteiger partial charge < -0.3 is 9.64 Å². The van der Waals surface area contributed by atoms with Gasteiger partial charge in [-0.3, -0.25) is 4.79 Å².